The number of rotatable bonds is 2. The fraction of sp³-hybridized carbons (Fsp3) is 0.357. The van der Waals surface area contributed by atoms with Crippen LogP contribution >= 0.6 is 0 Å². The molecule has 3 aliphatic heterocycles. The molecule has 0 unspecified atom stereocenters. The van der Waals surface area contributed by atoms with Crippen LogP contribution in [0.4, 0.5) is 0 Å². The van der Waals surface area contributed by atoms with Crippen LogP contribution in [0.25, 0.3) is 0 Å². The predicted molar refractivity (Wildman–Crippen MR) is 138 cm³/mol. The van der Waals surface area contributed by atoms with E-state index in [9.17, 15) is 5.11 Å². The monoisotopic (exact) mass is 514 g/mol. The number of ether oxygens (including phenoxy) is 8. The Morgan fingerprint density at radius 2 is 1.11 bits per heavy atom. The van der Waals surface area contributed by atoms with Crippen molar-refractivity contribution in [2.75, 3.05) is 34.6 Å². The highest BCUT2D eigenvalue weighted by Crippen LogP contribution is 2.42. The molecule has 3 aliphatic rings. The van der Waals surface area contributed by atoms with Crippen molar-refractivity contribution in [2.45, 2.75) is 35.1 Å². The van der Waals surface area contributed by atoms with Gasteiger partial charge in [-0.25, -0.2) is 0 Å². The average Bonchev–Trinajstić information content (AvgIpc) is 3.64. The summed E-state index contributed by atoms with van der Waals surface area (Å²) in [5.74, 6) is 6.51. The topological polar surface area (TPSA) is 94.1 Å². The van der Waals surface area contributed by atoms with Gasteiger partial charge in [-0.3, -0.25) is 0 Å². The number of methoxy groups -OCH3 is 2. The van der Waals surface area contributed by atoms with Crippen molar-refractivity contribution < 1.29 is 43.0 Å². The lowest BCUT2D eigenvalue weighted by molar-refractivity contribution is 0.173. The molecule has 0 saturated heterocycles. The van der Waals surface area contributed by atoms with Gasteiger partial charge < -0.3 is 43.0 Å². The van der Waals surface area contributed by atoms with Gasteiger partial charge in [0.15, 0.2) is 34.5 Å². The molecule has 1 N–H and O–H groups in total. The summed E-state index contributed by atoms with van der Waals surface area (Å²) in [5.41, 5.74) is 3.62. The van der Waals surface area contributed by atoms with Gasteiger partial charge in [-0.1, -0.05) is 7.43 Å². The molecule has 0 fully saturated rings. The van der Waals surface area contributed by atoms with Gasteiger partial charge in [-0.15, -0.1) is 0 Å². The third kappa shape index (κ3) is 5.66. The van der Waals surface area contributed by atoms with Crippen LogP contribution in [0.2, 0.25) is 0 Å². The molecule has 0 amide bonds. The molecule has 0 saturated carbocycles. The normalized spacial score (nSPS) is 12.9. The highest BCUT2D eigenvalue weighted by molar-refractivity contribution is 5.57. The zero-order valence-electron chi connectivity index (χ0n) is 21.2. The number of phenols is 1. The van der Waals surface area contributed by atoms with Gasteiger partial charge in [0.1, 0.15) is 17.2 Å². The van der Waals surface area contributed by atoms with E-state index >= 15 is 0 Å². The van der Waals surface area contributed by atoms with Crippen LogP contribution in [-0.4, -0.2) is 39.7 Å². The number of hydrogen-bond acceptors (Lipinski definition) is 9. The van der Waals surface area contributed by atoms with Crippen LogP contribution < -0.4 is 37.9 Å². The maximum atomic E-state index is 9.53. The van der Waals surface area contributed by atoms with Crippen LogP contribution in [0.3, 0.4) is 0 Å². The highest BCUT2D eigenvalue weighted by Gasteiger charge is 2.20. The minimum Gasteiger partial charge on any atom is -0.507 e. The standard InChI is InChI=1S/3C9H10O3.CH4/c1-6-3-8-9(12-5-11-8)4-7(6)10-2;1-5-3-7-9(12-4-11-7)6(2)8(5)10;1-6-7(10-2)3-4-8-9(6)12-5-11-8;/h3-4H,5H2,1-2H3;3,10H,4H2,1-2H3;3-4H,5H2,1-2H3;1H4. The Hall–Kier alpha value is -4.14. The summed E-state index contributed by atoms with van der Waals surface area (Å²) in [4.78, 5) is 0. The Labute approximate surface area is 217 Å². The maximum Gasteiger partial charge on any atom is 0.231 e. The minimum atomic E-state index is 0. The van der Waals surface area contributed by atoms with Crippen LogP contribution in [0.1, 0.15) is 29.7 Å². The molecule has 0 aliphatic carbocycles. The van der Waals surface area contributed by atoms with Crippen LogP contribution in [0.15, 0.2) is 30.3 Å². The molecule has 9 nitrogen and oxygen atoms in total. The molecule has 0 spiro atoms. The third-order valence-electron chi connectivity index (χ3n) is 5.91. The van der Waals surface area contributed by atoms with Crippen molar-refractivity contribution in [1.82, 2.24) is 0 Å². The summed E-state index contributed by atoms with van der Waals surface area (Å²) in [6, 6.07) is 9.28. The van der Waals surface area contributed by atoms with Gasteiger partial charge in [-0.05, 0) is 63.1 Å². The van der Waals surface area contributed by atoms with Gasteiger partial charge in [0.25, 0.3) is 0 Å². The lowest BCUT2D eigenvalue weighted by Gasteiger charge is -2.05. The molecule has 3 heterocycles. The van der Waals surface area contributed by atoms with Crippen molar-refractivity contribution in [3.63, 3.8) is 0 Å². The SMILES string of the molecule is C.COc1cc2c(cc1C)OCO2.COc1ccc2c(c1C)OCO2.Cc1cc2c(c(C)c1O)OCO2. The van der Waals surface area contributed by atoms with Crippen molar-refractivity contribution in [2.24, 2.45) is 0 Å². The Bertz CT molecular complexity index is 1250. The Morgan fingerprint density at radius 3 is 1.76 bits per heavy atom. The van der Waals surface area contributed by atoms with Crippen LogP contribution in [0, 0.1) is 27.7 Å². The molecule has 200 valence electrons. The maximum absolute atomic E-state index is 9.53. The molecule has 0 radical (unpaired) electrons. The first-order valence-electron chi connectivity index (χ1n) is 11.3. The molecule has 0 atom stereocenters. The Balaban J connectivity index is 0.000000152. The summed E-state index contributed by atoms with van der Waals surface area (Å²) in [5, 5.41) is 9.53. The zero-order chi connectivity index (χ0) is 25.8. The molecule has 9 heteroatoms. The molecule has 0 bridgehead atoms. The largest absolute Gasteiger partial charge is 0.507 e. The Kier molecular flexibility index (Phi) is 8.70. The molecule has 37 heavy (non-hydrogen) atoms. The fourth-order valence-corrected chi connectivity index (χ4v) is 3.92. The number of aromatic hydroxyl groups is 1. The van der Waals surface area contributed by atoms with Gasteiger partial charge in [0.05, 0.1) is 14.2 Å². The summed E-state index contributed by atoms with van der Waals surface area (Å²) < 4.78 is 41.5. The Morgan fingerprint density at radius 1 is 0.595 bits per heavy atom. The summed E-state index contributed by atoms with van der Waals surface area (Å²) in [6.07, 6.45) is 0. The van der Waals surface area contributed by atoms with E-state index < -0.39 is 0 Å². The van der Waals surface area contributed by atoms with Crippen molar-refractivity contribution in [3.05, 3.63) is 52.6 Å². The number of benzene rings is 3. The van der Waals surface area contributed by atoms with E-state index in [2.05, 4.69) is 0 Å². The number of aryl methyl sites for hydroxylation is 2. The van der Waals surface area contributed by atoms with E-state index in [0.29, 0.717) is 25.1 Å². The van der Waals surface area contributed by atoms with Gasteiger partial charge in [0, 0.05) is 17.2 Å². The van der Waals surface area contributed by atoms with Crippen molar-refractivity contribution >= 4 is 0 Å². The van der Waals surface area contributed by atoms with Gasteiger partial charge in [0.2, 0.25) is 20.4 Å². The quantitative estimate of drug-likeness (QED) is 0.453. The minimum absolute atomic E-state index is 0. The lowest BCUT2D eigenvalue weighted by Crippen LogP contribution is -1.93. The number of fused-ring (bicyclic) bond motifs is 3. The first-order chi connectivity index (χ1) is 17.3. The van der Waals surface area contributed by atoms with Crippen LogP contribution in [0.5, 0.6) is 51.7 Å². The lowest BCUT2D eigenvalue weighted by atomic mass is 10.1. The second-order valence-corrected chi connectivity index (χ2v) is 8.20. The molecule has 0 aromatic heterocycles. The van der Waals surface area contributed by atoms with E-state index in [1.807, 2.05) is 52.0 Å². The third-order valence-corrected chi connectivity index (χ3v) is 5.91. The molecular weight excluding hydrogens is 480 g/mol. The van der Waals surface area contributed by atoms with E-state index in [1.165, 1.54) is 0 Å². The first-order valence-corrected chi connectivity index (χ1v) is 11.3. The summed E-state index contributed by atoms with van der Waals surface area (Å²) in [7, 11) is 3.29. The fourth-order valence-electron chi connectivity index (χ4n) is 3.92. The summed E-state index contributed by atoms with van der Waals surface area (Å²) >= 11 is 0. The predicted octanol–water partition coefficient (Wildman–Crippen LogP) is 5.84. The van der Waals surface area contributed by atoms with Gasteiger partial charge in [-0.2, -0.15) is 0 Å². The second-order valence-electron chi connectivity index (χ2n) is 8.20. The summed E-state index contributed by atoms with van der Waals surface area (Å²) in [6.45, 7) is 8.44. The molecule has 3 aromatic rings. The van der Waals surface area contributed by atoms with Crippen LogP contribution in [-0.2, 0) is 0 Å². The number of hydrogen-bond donors (Lipinski definition) is 1. The average molecular weight is 515 g/mol. The van der Waals surface area contributed by atoms with E-state index in [-0.39, 0.29) is 14.2 Å². The van der Waals surface area contributed by atoms with E-state index in [1.54, 1.807) is 20.3 Å². The first kappa shape index (κ1) is 27.4. The number of phenolic OH excluding ortho intramolecular Hbond substituents is 1. The smallest absolute Gasteiger partial charge is 0.231 e. The van der Waals surface area contributed by atoms with E-state index in [4.69, 9.17) is 37.9 Å². The van der Waals surface area contributed by atoms with Crippen molar-refractivity contribution in [3.8, 4) is 51.7 Å². The molecular formula is C28H34O9. The zero-order valence-corrected chi connectivity index (χ0v) is 21.2. The molecule has 3 aromatic carbocycles. The molecule has 6 rings (SSSR count). The van der Waals surface area contributed by atoms with E-state index in [0.717, 1.165) is 62.5 Å². The highest BCUT2D eigenvalue weighted by atomic mass is 16.7. The van der Waals surface area contributed by atoms with Gasteiger partial charge >= 0.3 is 0 Å². The second kappa shape index (κ2) is 11.7. The van der Waals surface area contributed by atoms with Crippen molar-refractivity contribution in [1.29, 1.82) is 0 Å².